The van der Waals surface area contributed by atoms with Crippen LogP contribution in [0, 0.1) is 38.2 Å². The van der Waals surface area contributed by atoms with Crippen LogP contribution in [0.1, 0.15) is 16.7 Å². The normalized spacial score (nSPS) is 11.6. The van der Waals surface area contributed by atoms with E-state index in [4.69, 9.17) is 0 Å². The molecule has 1 N–H and O–H groups in total. The minimum atomic E-state index is -3.98. The third-order valence-corrected chi connectivity index (χ3v) is 14.4. The smallest absolute Gasteiger partial charge is 0.269 e. The van der Waals surface area contributed by atoms with Gasteiger partial charge in [-0.15, -0.1) is 0 Å². The molecule has 0 fully saturated rings. The standard InChI is InChI=1S/C22H15FN4O2S.C17H13FN4.C16H11FN4/c1-14-4-6-17(7-5-14)30(28,29)27-21-13-25-20(15-3-2-8-24-11-15)10-18(21)19-9-16(23)12-26-22(19)27;1-10-13(18)8-21-17-16(10)12-6-14(11-4-3-5-19-7-11)20-9-15(12)22(17)2;1-9-12(17)7-20-16-15(9)11-5-13(19-8-14(11)21-16)10-3-2-4-18-6-10/h2-13H,1H3;3-9H,1-2H3;2-8H,1H3,(H,20,21). The maximum atomic E-state index is 14.0. The third-order valence-electron chi connectivity index (χ3n) is 12.6. The largest absolute Gasteiger partial charge is 0.338 e. The van der Waals surface area contributed by atoms with Crippen LogP contribution >= 0.6 is 0 Å². The van der Waals surface area contributed by atoms with E-state index in [0.717, 1.165) is 82.0 Å². The zero-order valence-electron chi connectivity index (χ0n) is 39.3. The van der Waals surface area contributed by atoms with Crippen LogP contribution in [0.2, 0.25) is 0 Å². The van der Waals surface area contributed by atoms with Gasteiger partial charge in [0.15, 0.2) is 5.65 Å². The molecule has 14 nitrogen and oxygen atoms in total. The van der Waals surface area contributed by atoms with Crippen LogP contribution in [0.3, 0.4) is 0 Å². The molecule has 12 heterocycles. The zero-order valence-corrected chi connectivity index (χ0v) is 40.1. The lowest BCUT2D eigenvalue weighted by atomic mass is 10.1. The van der Waals surface area contributed by atoms with E-state index in [-0.39, 0.29) is 22.2 Å². The molecule has 0 bridgehead atoms. The van der Waals surface area contributed by atoms with Gasteiger partial charge >= 0.3 is 0 Å². The summed E-state index contributed by atoms with van der Waals surface area (Å²) >= 11 is 0. The molecular weight excluding hydrogens is 950 g/mol. The molecule has 18 heteroatoms. The van der Waals surface area contributed by atoms with Gasteiger partial charge in [0.25, 0.3) is 10.0 Å². The van der Waals surface area contributed by atoms with Crippen LogP contribution in [0.4, 0.5) is 13.2 Å². The number of aromatic nitrogens is 12. The van der Waals surface area contributed by atoms with E-state index in [2.05, 4.69) is 49.8 Å². The number of aryl methyl sites for hydroxylation is 4. The van der Waals surface area contributed by atoms with Gasteiger partial charge in [0.05, 0.1) is 75.7 Å². The number of halogens is 3. The molecule has 1 aromatic carbocycles. The Bertz CT molecular complexity index is 4360. The van der Waals surface area contributed by atoms with E-state index in [1.54, 1.807) is 99.8 Å². The molecule has 73 heavy (non-hydrogen) atoms. The summed E-state index contributed by atoms with van der Waals surface area (Å²) in [6.45, 7) is 5.42. The van der Waals surface area contributed by atoms with Crippen molar-refractivity contribution in [3.63, 3.8) is 0 Å². The first-order valence-electron chi connectivity index (χ1n) is 22.7. The summed E-state index contributed by atoms with van der Waals surface area (Å²) in [5.74, 6) is -1.14. The monoisotopic (exact) mass is 988 g/mol. The molecule has 0 aliphatic heterocycles. The Labute approximate surface area is 414 Å². The number of benzene rings is 1. The number of rotatable bonds is 5. The van der Waals surface area contributed by atoms with E-state index in [9.17, 15) is 21.6 Å². The molecule has 0 atom stereocenters. The van der Waals surface area contributed by atoms with Gasteiger partial charge in [-0.05, 0) is 105 Å². The summed E-state index contributed by atoms with van der Waals surface area (Å²) < 4.78 is 71.7. The fourth-order valence-corrected chi connectivity index (χ4v) is 10.3. The van der Waals surface area contributed by atoms with Gasteiger partial charge in [0.1, 0.15) is 28.7 Å². The van der Waals surface area contributed by atoms with Crippen molar-refractivity contribution in [2.45, 2.75) is 25.7 Å². The Kier molecular flexibility index (Phi) is 11.7. The van der Waals surface area contributed by atoms with Gasteiger partial charge in [0.2, 0.25) is 0 Å². The van der Waals surface area contributed by atoms with Crippen LogP contribution in [-0.2, 0) is 17.1 Å². The van der Waals surface area contributed by atoms with Crippen molar-refractivity contribution >= 4 is 75.8 Å². The lowest BCUT2D eigenvalue weighted by Crippen LogP contribution is -2.13. The summed E-state index contributed by atoms with van der Waals surface area (Å²) in [5, 5.41) is 4.46. The number of hydrogen-bond donors (Lipinski definition) is 1. The Morgan fingerprint density at radius 3 is 1.64 bits per heavy atom. The number of pyridine rings is 9. The summed E-state index contributed by atoms with van der Waals surface area (Å²) in [6.07, 6.45) is 18.8. The molecule has 0 aliphatic rings. The molecule has 13 aromatic rings. The predicted octanol–water partition coefficient (Wildman–Crippen LogP) is 11.6. The van der Waals surface area contributed by atoms with Crippen molar-refractivity contribution in [1.82, 2.24) is 58.4 Å². The molecule has 0 amide bonds. The molecule has 358 valence electrons. The molecule has 13 rings (SSSR count). The zero-order chi connectivity index (χ0) is 50.5. The topological polar surface area (TPSA) is 176 Å². The van der Waals surface area contributed by atoms with Crippen LogP contribution in [0.5, 0.6) is 0 Å². The fraction of sp³-hybridized carbons (Fsp3) is 0.0727. The second kappa shape index (κ2) is 18.5. The van der Waals surface area contributed by atoms with Crippen molar-refractivity contribution < 1.29 is 21.6 Å². The number of H-pyrrole nitrogens is 1. The van der Waals surface area contributed by atoms with E-state index < -0.39 is 15.8 Å². The number of nitrogens with one attached hydrogen (secondary N) is 1. The summed E-state index contributed by atoms with van der Waals surface area (Å²) in [7, 11) is -2.06. The number of aromatic amines is 1. The molecule has 12 aromatic heterocycles. The highest BCUT2D eigenvalue weighted by molar-refractivity contribution is 7.90. The highest BCUT2D eigenvalue weighted by Crippen LogP contribution is 2.35. The minimum Gasteiger partial charge on any atom is -0.338 e. The Balaban J connectivity index is 0.000000121. The van der Waals surface area contributed by atoms with Gasteiger partial charge in [0, 0.05) is 93.2 Å². The van der Waals surface area contributed by atoms with Crippen LogP contribution in [0.15, 0.2) is 164 Å². The average Bonchev–Trinajstić information content (AvgIpc) is 4.06. The molecule has 0 spiro atoms. The van der Waals surface area contributed by atoms with Crippen LogP contribution < -0.4 is 0 Å². The van der Waals surface area contributed by atoms with E-state index >= 15 is 0 Å². The fourth-order valence-electron chi connectivity index (χ4n) is 8.87. The minimum absolute atomic E-state index is 0.120. The van der Waals surface area contributed by atoms with Crippen molar-refractivity contribution in [2.75, 3.05) is 0 Å². The molecule has 0 unspecified atom stereocenters. The van der Waals surface area contributed by atoms with Crippen LogP contribution in [0.25, 0.3) is 99.6 Å². The third kappa shape index (κ3) is 8.32. The quantitative estimate of drug-likeness (QED) is 0.174. The first-order chi connectivity index (χ1) is 35.3. The second-order valence-corrected chi connectivity index (χ2v) is 19.0. The Morgan fingerprint density at radius 1 is 0.507 bits per heavy atom. The highest BCUT2D eigenvalue weighted by Gasteiger charge is 2.25. The lowest BCUT2D eigenvalue weighted by Gasteiger charge is -2.09. The van der Waals surface area contributed by atoms with E-state index in [1.165, 1.54) is 24.7 Å². The maximum Gasteiger partial charge on any atom is 0.269 e. The maximum absolute atomic E-state index is 14.0. The molecule has 0 aliphatic carbocycles. The molecular formula is C55H39F3N12O2S. The average molecular weight is 989 g/mol. The lowest BCUT2D eigenvalue weighted by molar-refractivity contribution is 0.589. The Morgan fingerprint density at radius 2 is 1.04 bits per heavy atom. The van der Waals surface area contributed by atoms with Gasteiger partial charge in [-0.3, -0.25) is 29.9 Å². The van der Waals surface area contributed by atoms with Crippen molar-refractivity contribution in [1.29, 1.82) is 0 Å². The second-order valence-electron chi connectivity index (χ2n) is 17.2. The van der Waals surface area contributed by atoms with Crippen molar-refractivity contribution in [3.05, 3.63) is 193 Å². The van der Waals surface area contributed by atoms with Crippen LogP contribution in [-0.4, -0.2) is 66.8 Å². The van der Waals surface area contributed by atoms with Gasteiger partial charge < -0.3 is 9.55 Å². The highest BCUT2D eigenvalue weighted by atomic mass is 32.2. The first-order valence-corrected chi connectivity index (χ1v) is 24.1. The van der Waals surface area contributed by atoms with E-state index in [1.807, 2.05) is 61.0 Å². The first kappa shape index (κ1) is 46.1. The number of nitrogens with zero attached hydrogens (tertiary/aromatic N) is 11. The summed E-state index contributed by atoms with van der Waals surface area (Å²) in [6, 6.07) is 24.8. The van der Waals surface area contributed by atoms with Crippen molar-refractivity contribution in [3.8, 4) is 33.8 Å². The van der Waals surface area contributed by atoms with Gasteiger partial charge in [-0.25, -0.2) is 40.5 Å². The molecule has 0 radical (unpaired) electrons. The predicted molar refractivity (Wildman–Crippen MR) is 275 cm³/mol. The molecule has 0 saturated carbocycles. The molecule has 0 saturated heterocycles. The van der Waals surface area contributed by atoms with Gasteiger partial charge in [-0.1, -0.05) is 17.7 Å². The number of fused-ring (bicyclic) bond motifs is 9. The van der Waals surface area contributed by atoms with Crippen molar-refractivity contribution in [2.24, 2.45) is 7.05 Å². The van der Waals surface area contributed by atoms with E-state index in [0.29, 0.717) is 38.8 Å². The number of hydrogen-bond acceptors (Lipinski definition) is 11. The summed E-state index contributed by atoms with van der Waals surface area (Å²) in [4.78, 5) is 41.4. The SMILES string of the molecule is Cc1c(F)cnc2[nH]c3cnc(-c4cccnc4)cc3c12.Cc1c(F)cnc2c1c1cc(-c3cccnc3)ncc1n2C.Cc1ccc(S(=O)(=O)n2c3cnc(-c4cccnc4)cc3c3cc(F)cnc32)cc1. The Hall–Kier alpha value is -9.29. The summed E-state index contributed by atoms with van der Waals surface area (Å²) in [5.41, 5.74) is 10.7. The van der Waals surface area contributed by atoms with Gasteiger partial charge in [-0.2, -0.15) is 0 Å².